The van der Waals surface area contributed by atoms with Gasteiger partial charge in [0.2, 0.25) is 0 Å². The Morgan fingerprint density at radius 1 is 1.00 bits per heavy atom. The van der Waals surface area contributed by atoms with E-state index < -0.39 is 22.6 Å². The van der Waals surface area contributed by atoms with Crippen LogP contribution in [0, 0.1) is 15.9 Å². The van der Waals surface area contributed by atoms with Crippen LogP contribution in [0.2, 0.25) is 0 Å². The third kappa shape index (κ3) is 4.97. The lowest BCUT2D eigenvalue weighted by molar-refractivity contribution is -0.384. The van der Waals surface area contributed by atoms with Gasteiger partial charge in [-0.2, -0.15) is 0 Å². The van der Waals surface area contributed by atoms with Crippen LogP contribution < -0.4 is 15.0 Å². The molecule has 0 atom stereocenters. The normalized spacial score (nSPS) is 14.8. The van der Waals surface area contributed by atoms with Gasteiger partial charge in [-0.3, -0.25) is 29.9 Å². The third-order valence-corrected chi connectivity index (χ3v) is 5.21. The molecule has 2 amide bonds. The van der Waals surface area contributed by atoms with Crippen molar-refractivity contribution in [3.05, 3.63) is 105 Å². The van der Waals surface area contributed by atoms with E-state index in [-0.39, 0.29) is 23.0 Å². The van der Waals surface area contributed by atoms with E-state index in [0.717, 1.165) is 10.5 Å². The number of rotatable bonds is 6. The van der Waals surface area contributed by atoms with Crippen LogP contribution in [0.3, 0.4) is 0 Å². The summed E-state index contributed by atoms with van der Waals surface area (Å²) in [6.07, 6.45) is 1.43. The number of hydrogen-bond acceptors (Lipinski definition) is 6. The molecule has 1 heterocycles. The van der Waals surface area contributed by atoms with Gasteiger partial charge in [0.25, 0.3) is 17.5 Å². The summed E-state index contributed by atoms with van der Waals surface area (Å²) in [6.45, 7) is 0.212. The molecule has 1 N–H and O–H groups in total. The topological polar surface area (TPSA) is 102 Å². The minimum atomic E-state index is -0.633. The Balaban J connectivity index is 1.47. The van der Waals surface area contributed by atoms with Gasteiger partial charge in [0.15, 0.2) is 5.11 Å². The van der Waals surface area contributed by atoms with Crippen LogP contribution in [0.25, 0.3) is 6.08 Å². The molecule has 0 aromatic heterocycles. The Kier molecular flexibility index (Phi) is 6.42. The lowest BCUT2D eigenvalue weighted by Crippen LogP contribution is -2.54. The molecule has 0 aliphatic carbocycles. The van der Waals surface area contributed by atoms with E-state index in [1.54, 1.807) is 36.4 Å². The van der Waals surface area contributed by atoms with E-state index in [2.05, 4.69) is 5.32 Å². The van der Waals surface area contributed by atoms with E-state index in [1.165, 1.54) is 42.5 Å². The van der Waals surface area contributed by atoms with Gasteiger partial charge in [0.1, 0.15) is 23.7 Å². The predicted molar refractivity (Wildman–Crippen MR) is 126 cm³/mol. The molecule has 170 valence electrons. The molecule has 1 aliphatic heterocycles. The molecule has 8 nitrogen and oxygen atoms in total. The van der Waals surface area contributed by atoms with Gasteiger partial charge >= 0.3 is 0 Å². The molecule has 0 spiro atoms. The van der Waals surface area contributed by atoms with Gasteiger partial charge < -0.3 is 4.74 Å². The molecular formula is C24H16FN3O5S. The second-order valence-corrected chi connectivity index (χ2v) is 7.60. The first-order valence-corrected chi connectivity index (χ1v) is 10.4. The smallest absolute Gasteiger partial charge is 0.270 e. The number of carbonyl (C=O) groups excluding carboxylic acids is 2. The van der Waals surface area contributed by atoms with Gasteiger partial charge in [0.05, 0.1) is 10.6 Å². The summed E-state index contributed by atoms with van der Waals surface area (Å²) in [4.78, 5) is 36.8. The van der Waals surface area contributed by atoms with Crippen molar-refractivity contribution in [3.8, 4) is 5.75 Å². The summed E-state index contributed by atoms with van der Waals surface area (Å²) >= 11 is 5.12. The van der Waals surface area contributed by atoms with Crippen LogP contribution in [0.1, 0.15) is 11.1 Å². The van der Waals surface area contributed by atoms with E-state index in [9.17, 15) is 24.1 Å². The maximum absolute atomic E-state index is 13.3. The first-order valence-electron chi connectivity index (χ1n) is 9.95. The quantitative estimate of drug-likeness (QED) is 0.188. The number of nitrogens with one attached hydrogen (secondary N) is 1. The highest BCUT2D eigenvalue weighted by Gasteiger charge is 2.34. The van der Waals surface area contributed by atoms with E-state index >= 15 is 0 Å². The molecule has 1 fully saturated rings. The standard InChI is InChI=1S/C24H16FN3O5S/c25-17-5-9-18(10-6-17)27-23(30)21(22(29)26-24(27)34)13-15-3-11-20(12-4-15)33-14-16-1-7-19(8-2-16)28(31)32/h1-13H,14H2,(H,26,29,34)/b21-13-. The van der Waals surface area contributed by atoms with E-state index in [4.69, 9.17) is 17.0 Å². The summed E-state index contributed by atoms with van der Waals surface area (Å²) in [5.74, 6) is -1.19. The number of carbonyl (C=O) groups is 2. The molecule has 10 heteroatoms. The number of amides is 2. The molecule has 1 saturated heterocycles. The zero-order valence-corrected chi connectivity index (χ0v) is 18.3. The predicted octanol–water partition coefficient (Wildman–Crippen LogP) is 4.14. The van der Waals surface area contributed by atoms with Crippen molar-refractivity contribution < 1.29 is 23.6 Å². The van der Waals surface area contributed by atoms with Gasteiger partial charge in [-0.25, -0.2) is 4.39 Å². The molecule has 0 saturated carbocycles. The number of thiocarbonyl (C=S) groups is 1. The number of halogens is 1. The van der Waals surface area contributed by atoms with Crippen molar-refractivity contribution in [2.75, 3.05) is 4.90 Å². The van der Waals surface area contributed by atoms with Gasteiger partial charge in [-0.05, 0) is 78.0 Å². The third-order valence-electron chi connectivity index (χ3n) is 4.93. The number of nitro benzene ring substituents is 1. The van der Waals surface area contributed by atoms with Gasteiger partial charge in [-0.15, -0.1) is 0 Å². The van der Waals surface area contributed by atoms with E-state index in [1.807, 2.05) is 0 Å². The second kappa shape index (κ2) is 9.59. The number of benzene rings is 3. The number of hydrogen-bond donors (Lipinski definition) is 1. The first-order chi connectivity index (χ1) is 16.3. The Hall–Kier alpha value is -4.44. The lowest BCUT2D eigenvalue weighted by Gasteiger charge is -2.28. The van der Waals surface area contributed by atoms with Crippen LogP contribution in [0.5, 0.6) is 5.75 Å². The fourth-order valence-electron chi connectivity index (χ4n) is 3.19. The molecular weight excluding hydrogens is 461 g/mol. The summed E-state index contributed by atoms with van der Waals surface area (Å²) in [7, 11) is 0. The minimum absolute atomic E-state index is 0.00110. The maximum Gasteiger partial charge on any atom is 0.270 e. The average molecular weight is 477 g/mol. The molecule has 3 aromatic rings. The number of ether oxygens (including phenoxy) is 1. The monoisotopic (exact) mass is 477 g/mol. The van der Waals surface area contributed by atoms with Crippen molar-refractivity contribution in [1.82, 2.24) is 5.32 Å². The highest BCUT2D eigenvalue weighted by Crippen LogP contribution is 2.23. The highest BCUT2D eigenvalue weighted by molar-refractivity contribution is 7.80. The highest BCUT2D eigenvalue weighted by atomic mass is 32.1. The van der Waals surface area contributed by atoms with Crippen molar-refractivity contribution in [2.24, 2.45) is 0 Å². The van der Waals surface area contributed by atoms with Gasteiger partial charge in [-0.1, -0.05) is 12.1 Å². The SMILES string of the molecule is O=C1NC(=S)N(c2ccc(F)cc2)C(=O)/C1=C\c1ccc(OCc2ccc([N+](=O)[O-])cc2)cc1. The van der Waals surface area contributed by atoms with E-state index in [0.29, 0.717) is 17.0 Å². The molecule has 0 unspecified atom stereocenters. The Bertz CT molecular complexity index is 1310. The fourth-order valence-corrected chi connectivity index (χ4v) is 3.47. The molecule has 34 heavy (non-hydrogen) atoms. The number of nitrogens with zero attached hydrogens (tertiary/aromatic N) is 2. The molecule has 0 bridgehead atoms. The number of non-ortho nitro benzene ring substituents is 1. The van der Waals surface area contributed by atoms with Crippen LogP contribution >= 0.6 is 12.2 Å². The zero-order valence-electron chi connectivity index (χ0n) is 17.4. The largest absolute Gasteiger partial charge is 0.489 e. The fraction of sp³-hybridized carbons (Fsp3) is 0.0417. The maximum atomic E-state index is 13.3. The zero-order chi connectivity index (χ0) is 24.2. The van der Waals surface area contributed by atoms with Crippen LogP contribution in [-0.4, -0.2) is 21.9 Å². The summed E-state index contributed by atoms with van der Waals surface area (Å²) < 4.78 is 18.9. The summed E-state index contributed by atoms with van der Waals surface area (Å²) in [6, 6.07) is 17.9. The summed E-state index contributed by atoms with van der Waals surface area (Å²) in [5, 5.41) is 13.1. The van der Waals surface area contributed by atoms with Crippen molar-refractivity contribution in [2.45, 2.75) is 6.61 Å². The summed E-state index contributed by atoms with van der Waals surface area (Å²) in [5.41, 5.74) is 1.54. The molecule has 0 radical (unpaired) electrons. The van der Waals surface area contributed by atoms with Crippen LogP contribution in [-0.2, 0) is 16.2 Å². The Morgan fingerprint density at radius 2 is 1.65 bits per heavy atom. The van der Waals surface area contributed by atoms with Crippen LogP contribution in [0.4, 0.5) is 15.8 Å². The minimum Gasteiger partial charge on any atom is -0.489 e. The second-order valence-electron chi connectivity index (χ2n) is 7.22. The van der Waals surface area contributed by atoms with Gasteiger partial charge in [0, 0.05) is 12.1 Å². The first kappa shape index (κ1) is 22.7. The molecule has 3 aromatic carbocycles. The average Bonchev–Trinajstić information content (AvgIpc) is 2.82. The number of anilines is 1. The van der Waals surface area contributed by atoms with Crippen molar-refractivity contribution in [3.63, 3.8) is 0 Å². The van der Waals surface area contributed by atoms with Crippen molar-refractivity contribution >= 4 is 46.6 Å². The Labute approximate surface area is 198 Å². The molecule has 4 rings (SSSR count). The molecule has 1 aliphatic rings. The number of nitro groups is 1. The van der Waals surface area contributed by atoms with Crippen LogP contribution in [0.15, 0.2) is 78.4 Å². The van der Waals surface area contributed by atoms with Crippen molar-refractivity contribution in [1.29, 1.82) is 0 Å². The Morgan fingerprint density at radius 3 is 2.26 bits per heavy atom. The lowest BCUT2D eigenvalue weighted by atomic mass is 10.1.